The van der Waals surface area contributed by atoms with E-state index in [-0.39, 0.29) is 11.8 Å². The second-order valence-electron chi connectivity index (χ2n) is 2.60. The molecule has 0 aromatic rings. The van der Waals surface area contributed by atoms with E-state index < -0.39 is 6.09 Å². The first kappa shape index (κ1) is 16.4. The average molecular weight is 236 g/mol. The molecule has 0 aromatic carbocycles. The molecule has 0 saturated carbocycles. The molecule has 0 aliphatic carbocycles. The smallest absolute Gasteiger partial charge is 0.407 e. The number of ether oxygens (including phenoxy) is 1. The van der Waals surface area contributed by atoms with Gasteiger partial charge in [0, 0.05) is 13.5 Å². The van der Waals surface area contributed by atoms with Crippen LogP contribution in [0.1, 0.15) is 26.2 Å². The largest absolute Gasteiger partial charge is 0.445 e. The van der Waals surface area contributed by atoms with Crippen LogP contribution in [0.15, 0.2) is 12.7 Å². The molecule has 0 aliphatic rings. The van der Waals surface area contributed by atoms with Crippen molar-refractivity contribution in [3.05, 3.63) is 12.7 Å². The van der Waals surface area contributed by atoms with Crippen molar-refractivity contribution in [3.63, 3.8) is 0 Å². The first-order chi connectivity index (χ1) is 7.08. The van der Waals surface area contributed by atoms with Crippen molar-refractivity contribution in [1.82, 2.24) is 5.32 Å². The van der Waals surface area contributed by atoms with Crippen molar-refractivity contribution in [3.8, 4) is 0 Å². The molecule has 0 aliphatic heterocycles. The Morgan fingerprint density at radius 2 is 2.13 bits per heavy atom. The van der Waals surface area contributed by atoms with Gasteiger partial charge in [-0.2, -0.15) is 0 Å². The highest BCUT2D eigenvalue weighted by Crippen LogP contribution is 1.96. The summed E-state index contributed by atoms with van der Waals surface area (Å²) in [7, 11) is 1.51. The third-order valence-electron chi connectivity index (χ3n) is 1.26. The molecule has 0 fully saturated rings. The van der Waals surface area contributed by atoms with Crippen LogP contribution in [0.4, 0.5) is 4.79 Å². The summed E-state index contributed by atoms with van der Waals surface area (Å²) in [5.41, 5.74) is 0. The molecule has 15 heavy (non-hydrogen) atoms. The Kier molecular flexibility index (Phi) is 14.2. The molecule has 0 atom stereocenters. The van der Waals surface area contributed by atoms with E-state index in [4.69, 9.17) is 11.6 Å². The van der Waals surface area contributed by atoms with E-state index in [0.29, 0.717) is 6.42 Å². The maximum Gasteiger partial charge on any atom is 0.407 e. The number of nitrogens with one attached hydrogen (secondary N) is 1. The van der Waals surface area contributed by atoms with Crippen LogP contribution in [0.25, 0.3) is 0 Å². The molecule has 0 heterocycles. The zero-order chi connectivity index (χ0) is 12.1. The van der Waals surface area contributed by atoms with Crippen LogP contribution in [-0.4, -0.2) is 25.0 Å². The van der Waals surface area contributed by atoms with Crippen molar-refractivity contribution >= 4 is 22.9 Å². The molecule has 0 saturated heterocycles. The first-order valence-electron chi connectivity index (χ1n) is 4.72. The highest BCUT2D eigenvalue weighted by molar-refractivity contribution is 6.63. The molecule has 1 amide bonds. The van der Waals surface area contributed by atoms with Gasteiger partial charge in [0.15, 0.2) is 0 Å². The molecule has 0 bridgehead atoms. The van der Waals surface area contributed by atoms with Gasteiger partial charge in [-0.3, -0.25) is 4.79 Å². The minimum Gasteiger partial charge on any atom is -0.445 e. The molecule has 0 aromatic heterocycles. The fraction of sp³-hybridized carbons (Fsp3) is 0.600. The summed E-state index contributed by atoms with van der Waals surface area (Å²) in [6.45, 7) is 5.65. The summed E-state index contributed by atoms with van der Waals surface area (Å²) in [6, 6.07) is 0. The Balaban J connectivity index is 0. The lowest BCUT2D eigenvalue weighted by atomic mass is 10.3. The summed E-state index contributed by atoms with van der Waals surface area (Å²) in [5.74, 6) is 0. The van der Waals surface area contributed by atoms with E-state index in [1.165, 1.54) is 13.1 Å². The van der Waals surface area contributed by atoms with Gasteiger partial charge in [0.05, 0.1) is 0 Å². The standard InChI is InChI=1S/C5H9ClO.C5H9NO2/c1-2-3-4-5(6)7;1-3-4-8-5(7)6-2/h2-4H2,1H3;3H,1,4H2,2H3,(H,6,7). The van der Waals surface area contributed by atoms with Crippen molar-refractivity contribution in [2.75, 3.05) is 13.7 Å². The van der Waals surface area contributed by atoms with Crippen molar-refractivity contribution < 1.29 is 14.3 Å². The third kappa shape index (κ3) is 19.4. The molecular weight excluding hydrogens is 218 g/mol. The molecule has 0 spiro atoms. The van der Waals surface area contributed by atoms with Crippen LogP contribution in [0, 0.1) is 0 Å². The van der Waals surface area contributed by atoms with Gasteiger partial charge < -0.3 is 10.1 Å². The third-order valence-corrected chi connectivity index (χ3v) is 1.45. The summed E-state index contributed by atoms with van der Waals surface area (Å²) < 4.78 is 4.47. The highest BCUT2D eigenvalue weighted by Gasteiger charge is 1.91. The lowest BCUT2D eigenvalue weighted by Crippen LogP contribution is -2.18. The van der Waals surface area contributed by atoms with E-state index in [1.807, 2.05) is 6.92 Å². The van der Waals surface area contributed by atoms with Gasteiger partial charge in [-0.15, -0.1) is 0 Å². The van der Waals surface area contributed by atoms with Crippen molar-refractivity contribution in [1.29, 1.82) is 0 Å². The molecule has 88 valence electrons. The van der Waals surface area contributed by atoms with E-state index in [9.17, 15) is 9.59 Å². The first-order valence-corrected chi connectivity index (χ1v) is 5.10. The quantitative estimate of drug-likeness (QED) is 0.588. The monoisotopic (exact) mass is 235 g/mol. The minimum atomic E-state index is -0.426. The summed E-state index contributed by atoms with van der Waals surface area (Å²) in [6.07, 6.45) is 3.57. The predicted octanol–water partition coefficient (Wildman–Crippen LogP) is 2.47. The molecule has 0 unspecified atom stereocenters. The number of carbonyl (C=O) groups is 2. The van der Waals surface area contributed by atoms with Crippen LogP contribution in [0.5, 0.6) is 0 Å². The second kappa shape index (κ2) is 13.0. The van der Waals surface area contributed by atoms with E-state index in [2.05, 4.69) is 16.6 Å². The van der Waals surface area contributed by atoms with Crippen LogP contribution in [0.2, 0.25) is 0 Å². The maximum atomic E-state index is 10.2. The lowest BCUT2D eigenvalue weighted by molar-refractivity contribution is -0.111. The number of halogens is 1. The molecule has 4 nitrogen and oxygen atoms in total. The van der Waals surface area contributed by atoms with Crippen LogP contribution in [0.3, 0.4) is 0 Å². The van der Waals surface area contributed by atoms with Gasteiger partial charge in [0.1, 0.15) is 6.61 Å². The van der Waals surface area contributed by atoms with Gasteiger partial charge in [-0.25, -0.2) is 4.79 Å². The predicted molar refractivity (Wildman–Crippen MR) is 61.0 cm³/mol. The number of carbonyl (C=O) groups excluding carboxylic acids is 2. The summed E-state index contributed by atoms with van der Waals surface area (Å²) in [5, 5.41) is 2.07. The summed E-state index contributed by atoms with van der Waals surface area (Å²) >= 11 is 5.02. The number of rotatable bonds is 5. The number of amides is 1. The zero-order valence-corrected chi connectivity index (χ0v) is 9.97. The SMILES string of the molecule is C=CCOC(=O)NC.CCCCC(=O)Cl. The Labute approximate surface area is 95.6 Å². The van der Waals surface area contributed by atoms with E-state index in [0.717, 1.165) is 12.8 Å². The maximum absolute atomic E-state index is 10.2. The highest BCUT2D eigenvalue weighted by atomic mass is 35.5. The zero-order valence-electron chi connectivity index (χ0n) is 9.22. The van der Waals surface area contributed by atoms with Crippen LogP contribution in [-0.2, 0) is 9.53 Å². The fourth-order valence-corrected chi connectivity index (χ4v) is 0.656. The molecule has 0 rings (SSSR count). The van der Waals surface area contributed by atoms with E-state index >= 15 is 0 Å². The van der Waals surface area contributed by atoms with Crippen molar-refractivity contribution in [2.45, 2.75) is 26.2 Å². The van der Waals surface area contributed by atoms with Crippen molar-refractivity contribution in [2.24, 2.45) is 0 Å². The fourth-order valence-electron chi connectivity index (χ4n) is 0.523. The molecule has 1 N–H and O–H groups in total. The Bertz CT molecular complexity index is 195. The summed E-state index contributed by atoms with van der Waals surface area (Å²) in [4.78, 5) is 20.2. The number of alkyl carbamates (subject to hydrolysis) is 1. The van der Waals surface area contributed by atoms with Crippen LogP contribution >= 0.6 is 11.6 Å². The van der Waals surface area contributed by atoms with Gasteiger partial charge in [-0.1, -0.05) is 26.0 Å². The van der Waals surface area contributed by atoms with Gasteiger partial charge in [0.2, 0.25) is 5.24 Å². The van der Waals surface area contributed by atoms with Gasteiger partial charge in [-0.05, 0) is 18.0 Å². The number of hydrogen-bond acceptors (Lipinski definition) is 3. The normalized spacial score (nSPS) is 8.20. The Morgan fingerprint density at radius 3 is 2.40 bits per heavy atom. The van der Waals surface area contributed by atoms with Crippen LogP contribution < -0.4 is 5.32 Å². The Hall–Kier alpha value is -1.03. The van der Waals surface area contributed by atoms with Gasteiger partial charge >= 0.3 is 6.09 Å². The molecular formula is C10H18ClNO3. The lowest BCUT2D eigenvalue weighted by Gasteiger charge is -1.96. The second-order valence-corrected chi connectivity index (χ2v) is 3.02. The molecule has 5 heteroatoms. The number of hydrogen-bond donors (Lipinski definition) is 1. The number of unbranched alkanes of at least 4 members (excludes halogenated alkanes) is 1. The molecule has 0 radical (unpaired) electrons. The average Bonchev–Trinajstić information content (AvgIpc) is 2.23. The Morgan fingerprint density at radius 1 is 1.53 bits per heavy atom. The minimum absolute atomic E-state index is 0.221. The topological polar surface area (TPSA) is 55.4 Å². The van der Waals surface area contributed by atoms with E-state index in [1.54, 1.807) is 0 Å². The van der Waals surface area contributed by atoms with Gasteiger partial charge in [0.25, 0.3) is 0 Å².